The summed E-state index contributed by atoms with van der Waals surface area (Å²) < 4.78 is 5.30. The summed E-state index contributed by atoms with van der Waals surface area (Å²) in [5, 5.41) is 6.36. The van der Waals surface area contributed by atoms with Crippen molar-refractivity contribution in [3.05, 3.63) is 0 Å². The summed E-state index contributed by atoms with van der Waals surface area (Å²) >= 11 is 0. The molecule has 1 atom stereocenters. The summed E-state index contributed by atoms with van der Waals surface area (Å²) in [7, 11) is 0. The van der Waals surface area contributed by atoms with Gasteiger partial charge in [-0.3, -0.25) is 4.90 Å². The van der Waals surface area contributed by atoms with Crippen molar-refractivity contribution >= 4 is 6.09 Å². The number of piperidine rings is 2. The van der Waals surface area contributed by atoms with E-state index >= 15 is 0 Å². The summed E-state index contributed by atoms with van der Waals surface area (Å²) in [6.07, 6.45) is 4.67. The lowest BCUT2D eigenvalue weighted by atomic mass is 9.94. The zero-order chi connectivity index (χ0) is 15.3. The summed E-state index contributed by atoms with van der Waals surface area (Å²) in [4.78, 5) is 14.4. The van der Waals surface area contributed by atoms with Gasteiger partial charge in [-0.05, 0) is 72.0 Å². The van der Waals surface area contributed by atoms with Crippen LogP contribution >= 0.6 is 0 Å². The lowest BCUT2D eigenvalue weighted by Crippen LogP contribution is -2.49. The van der Waals surface area contributed by atoms with E-state index in [1.807, 2.05) is 20.8 Å². The maximum atomic E-state index is 11.7. The third-order valence-electron chi connectivity index (χ3n) is 4.31. The molecule has 21 heavy (non-hydrogen) atoms. The number of carbonyl (C=O) groups is 1. The van der Waals surface area contributed by atoms with Gasteiger partial charge in [-0.2, -0.15) is 0 Å². The quantitative estimate of drug-likeness (QED) is 0.836. The third-order valence-corrected chi connectivity index (χ3v) is 4.31. The second kappa shape index (κ2) is 7.45. The highest BCUT2D eigenvalue weighted by atomic mass is 16.6. The Morgan fingerprint density at radius 3 is 2.67 bits per heavy atom. The van der Waals surface area contributed by atoms with Crippen molar-refractivity contribution in [2.24, 2.45) is 5.92 Å². The fourth-order valence-electron chi connectivity index (χ4n) is 3.31. The first kappa shape index (κ1) is 16.6. The van der Waals surface area contributed by atoms with Gasteiger partial charge >= 0.3 is 6.09 Å². The predicted octanol–water partition coefficient (Wildman–Crippen LogP) is 1.98. The van der Waals surface area contributed by atoms with Crippen LogP contribution in [0.3, 0.4) is 0 Å². The number of ether oxygens (including phenoxy) is 1. The second-order valence-corrected chi connectivity index (χ2v) is 7.37. The van der Waals surface area contributed by atoms with Crippen LogP contribution in [0.4, 0.5) is 4.79 Å². The average molecular weight is 297 g/mol. The van der Waals surface area contributed by atoms with Crippen LogP contribution in [0.5, 0.6) is 0 Å². The molecule has 1 amide bonds. The largest absolute Gasteiger partial charge is 0.444 e. The van der Waals surface area contributed by atoms with Gasteiger partial charge in [-0.15, -0.1) is 0 Å². The molecule has 2 saturated heterocycles. The standard InChI is InChI=1S/C16H31N3O2/c1-16(2,3)21-15(20)18-11-13-5-4-10-19(12-13)14-6-8-17-9-7-14/h13-14,17H,4-12H2,1-3H3,(H,18,20)/t13-/m1/s1. The second-order valence-electron chi connectivity index (χ2n) is 7.37. The Labute approximate surface area is 128 Å². The molecule has 2 aliphatic heterocycles. The van der Waals surface area contributed by atoms with Crippen molar-refractivity contribution in [1.82, 2.24) is 15.5 Å². The zero-order valence-corrected chi connectivity index (χ0v) is 13.8. The minimum Gasteiger partial charge on any atom is -0.444 e. The van der Waals surface area contributed by atoms with Crippen molar-refractivity contribution in [1.29, 1.82) is 0 Å². The number of hydrogen-bond donors (Lipinski definition) is 2. The van der Waals surface area contributed by atoms with Crippen LogP contribution in [0.15, 0.2) is 0 Å². The monoisotopic (exact) mass is 297 g/mol. The fraction of sp³-hybridized carbons (Fsp3) is 0.938. The molecule has 2 fully saturated rings. The highest BCUT2D eigenvalue weighted by molar-refractivity contribution is 5.67. The molecule has 2 N–H and O–H groups in total. The van der Waals surface area contributed by atoms with Crippen LogP contribution in [0.2, 0.25) is 0 Å². The zero-order valence-electron chi connectivity index (χ0n) is 13.8. The first-order valence-electron chi connectivity index (χ1n) is 8.35. The van der Waals surface area contributed by atoms with E-state index < -0.39 is 5.60 Å². The van der Waals surface area contributed by atoms with Gasteiger partial charge in [0.05, 0.1) is 0 Å². The lowest BCUT2D eigenvalue weighted by Gasteiger charge is -2.40. The number of nitrogens with one attached hydrogen (secondary N) is 2. The molecule has 0 radical (unpaired) electrons. The molecule has 5 heteroatoms. The fourth-order valence-corrected chi connectivity index (χ4v) is 3.31. The van der Waals surface area contributed by atoms with E-state index in [4.69, 9.17) is 4.74 Å². The topological polar surface area (TPSA) is 53.6 Å². The van der Waals surface area contributed by atoms with Crippen LogP contribution in [0.25, 0.3) is 0 Å². The molecule has 0 aromatic heterocycles. The maximum Gasteiger partial charge on any atom is 0.407 e. The van der Waals surface area contributed by atoms with E-state index in [1.165, 1.54) is 32.2 Å². The highest BCUT2D eigenvalue weighted by Gasteiger charge is 2.27. The normalized spacial score (nSPS) is 25.6. The number of carbonyl (C=O) groups excluding carboxylic acids is 1. The molecular weight excluding hydrogens is 266 g/mol. The minimum absolute atomic E-state index is 0.290. The number of nitrogens with zero attached hydrogens (tertiary/aromatic N) is 1. The number of rotatable bonds is 3. The Hall–Kier alpha value is -0.810. The van der Waals surface area contributed by atoms with Gasteiger partial charge in [0.15, 0.2) is 0 Å². The van der Waals surface area contributed by atoms with Crippen molar-refractivity contribution in [3.8, 4) is 0 Å². The molecule has 0 saturated carbocycles. The molecule has 5 nitrogen and oxygen atoms in total. The summed E-state index contributed by atoms with van der Waals surface area (Å²) in [6, 6.07) is 0.732. The van der Waals surface area contributed by atoms with Gasteiger partial charge in [-0.1, -0.05) is 0 Å². The van der Waals surface area contributed by atoms with Gasteiger partial charge in [0.25, 0.3) is 0 Å². The summed E-state index contributed by atoms with van der Waals surface area (Å²) in [5.41, 5.74) is -0.419. The maximum absolute atomic E-state index is 11.7. The van der Waals surface area contributed by atoms with Crippen LogP contribution in [-0.2, 0) is 4.74 Å². The van der Waals surface area contributed by atoms with Crippen molar-refractivity contribution in [3.63, 3.8) is 0 Å². The first-order valence-corrected chi connectivity index (χ1v) is 8.35. The number of likely N-dealkylation sites (tertiary alicyclic amines) is 1. The molecule has 0 bridgehead atoms. The van der Waals surface area contributed by atoms with Gasteiger partial charge < -0.3 is 15.4 Å². The predicted molar refractivity (Wildman–Crippen MR) is 84.4 cm³/mol. The van der Waals surface area contributed by atoms with Crippen molar-refractivity contribution in [2.75, 3.05) is 32.7 Å². The van der Waals surface area contributed by atoms with E-state index in [0.717, 1.165) is 32.2 Å². The van der Waals surface area contributed by atoms with Gasteiger partial charge in [0.2, 0.25) is 0 Å². The molecule has 0 spiro atoms. The minimum atomic E-state index is -0.419. The molecule has 0 aromatic carbocycles. The molecule has 2 aliphatic rings. The lowest BCUT2D eigenvalue weighted by molar-refractivity contribution is 0.0494. The van der Waals surface area contributed by atoms with Crippen LogP contribution in [0, 0.1) is 5.92 Å². The molecular formula is C16H31N3O2. The van der Waals surface area contributed by atoms with E-state index in [0.29, 0.717) is 5.92 Å². The Morgan fingerprint density at radius 2 is 2.00 bits per heavy atom. The molecule has 2 heterocycles. The Kier molecular flexibility index (Phi) is 5.88. The number of alkyl carbamates (subject to hydrolysis) is 1. The molecule has 2 rings (SSSR count). The highest BCUT2D eigenvalue weighted by Crippen LogP contribution is 2.21. The van der Waals surface area contributed by atoms with Crippen LogP contribution in [-0.4, -0.2) is 55.4 Å². The molecule has 0 aliphatic carbocycles. The SMILES string of the molecule is CC(C)(C)OC(=O)NC[C@H]1CCCN(C2CCNCC2)C1. The van der Waals surface area contributed by atoms with Gasteiger partial charge in [0, 0.05) is 19.1 Å². The molecule has 0 aromatic rings. The number of hydrogen-bond acceptors (Lipinski definition) is 4. The van der Waals surface area contributed by atoms with Gasteiger partial charge in [0.1, 0.15) is 5.60 Å². The van der Waals surface area contributed by atoms with E-state index in [2.05, 4.69) is 15.5 Å². The van der Waals surface area contributed by atoms with Crippen LogP contribution < -0.4 is 10.6 Å². The first-order chi connectivity index (χ1) is 9.94. The average Bonchev–Trinajstić information content (AvgIpc) is 2.45. The van der Waals surface area contributed by atoms with Crippen LogP contribution in [0.1, 0.15) is 46.5 Å². The Morgan fingerprint density at radius 1 is 1.29 bits per heavy atom. The Balaban J connectivity index is 1.72. The van der Waals surface area contributed by atoms with E-state index in [1.54, 1.807) is 0 Å². The molecule has 122 valence electrons. The van der Waals surface area contributed by atoms with E-state index in [-0.39, 0.29) is 6.09 Å². The summed E-state index contributed by atoms with van der Waals surface area (Å²) in [5.74, 6) is 0.557. The summed E-state index contributed by atoms with van der Waals surface area (Å²) in [6.45, 7) is 11.0. The number of amides is 1. The smallest absolute Gasteiger partial charge is 0.407 e. The molecule has 0 unspecified atom stereocenters. The van der Waals surface area contributed by atoms with Crippen molar-refractivity contribution in [2.45, 2.75) is 58.1 Å². The van der Waals surface area contributed by atoms with Gasteiger partial charge in [-0.25, -0.2) is 4.79 Å². The third kappa shape index (κ3) is 5.83. The van der Waals surface area contributed by atoms with E-state index in [9.17, 15) is 4.79 Å². The van der Waals surface area contributed by atoms with Crippen molar-refractivity contribution < 1.29 is 9.53 Å². The Bertz CT molecular complexity index is 335.